The van der Waals surface area contributed by atoms with E-state index in [1.54, 1.807) is 11.9 Å². The van der Waals surface area contributed by atoms with Gasteiger partial charge < -0.3 is 4.90 Å². The molecule has 0 aliphatic carbocycles. The van der Waals surface area contributed by atoms with Gasteiger partial charge in [-0.05, 0) is 66.9 Å². The molecular weight excluding hydrogens is 354 g/mol. The summed E-state index contributed by atoms with van der Waals surface area (Å²) in [5, 5.41) is 0.717. The fourth-order valence-electron chi connectivity index (χ4n) is 3.35. The van der Waals surface area contributed by atoms with Crippen LogP contribution in [0.5, 0.6) is 0 Å². The number of nitrogens with zero attached hydrogens (tertiary/aromatic N) is 3. The van der Waals surface area contributed by atoms with Gasteiger partial charge in [-0.1, -0.05) is 30.3 Å². The Bertz CT molecular complexity index is 911. The maximum absolute atomic E-state index is 12.6. The molecule has 0 atom stereocenters. The van der Waals surface area contributed by atoms with Crippen LogP contribution in [0.4, 0.5) is 11.4 Å². The van der Waals surface area contributed by atoms with Crippen molar-refractivity contribution in [1.29, 1.82) is 0 Å². The van der Waals surface area contributed by atoms with Crippen LogP contribution in [0.1, 0.15) is 24.0 Å². The first-order chi connectivity index (χ1) is 13.1. The molecule has 0 unspecified atom stereocenters. The molecule has 5 heteroatoms. The Labute approximate surface area is 164 Å². The summed E-state index contributed by atoms with van der Waals surface area (Å²) in [4.78, 5) is 22.0. The maximum Gasteiger partial charge on any atom is 0.266 e. The highest BCUT2D eigenvalue weighted by atomic mass is 32.2. The van der Waals surface area contributed by atoms with Gasteiger partial charge in [0, 0.05) is 25.8 Å². The van der Waals surface area contributed by atoms with Crippen LogP contribution in [0.3, 0.4) is 0 Å². The van der Waals surface area contributed by atoms with Gasteiger partial charge in [0.25, 0.3) is 5.91 Å². The monoisotopic (exact) mass is 377 g/mol. The lowest BCUT2D eigenvalue weighted by atomic mass is 10.2. The van der Waals surface area contributed by atoms with E-state index in [4.69, 9.17) is 0 Å². The van der Waals surface area contributed by atoms with Gasteiger partial charge in [-0.15, -0.1) is 0 Å². The van der Waals surface area contributed by atoms with E-state index < -0.39 is 0 Å². The Balaban J connectivity index is 1.55. The van der Waals surface area contributed by atoms with Crippen molar-refractivity contribution in [2.45, 2.75) is 19.8 Å². The lowest BCUT2D eigenvalue weighted by molar-refractivity contribution is -0.121. The average molecular weight is 378 g/mol. The number of likely N-dealkylation sites (N-methyl/N-ethyl adjacent to an activating group) is 1. The zero-order valence-electron chi connectivity index (χ0n) is 15.7. The Morgan fingerprint density at radius 2 is 1.74 bits per heavy atom. The zero-order chi connectivity index (χ0) is 18.8. The van der Waals surface area contributed by atoms with Gasteiger partial charge in [0.05, 0.1) is 10.6 Å². The van der Waals surface area contributed by atoms with Gasteiger partial charge >= 0.3 is 0 Å². The number of aliphatic imine (C=N–C) groups is 1. The van der Waals surface area contributed by atoms with E-state index in [-0.39, 0.29) is 5.91 Å². The number of hydrogen-bond donors (Lipinski definition) is 0. The molecule has 2 aliphatic rings. The molecule has 138 valence electrons. The van der Waals surface area contributed by atoms with Crippen molar-refractivity contribution in [1.82, 2.24) is 4.90 Å². The smallest absolute Gasteiger partial charge is 0.266 e. The molecule has 2 aromatic carbocycles. The normalized spacial score (nSPS) is 20.3. The number of thioether (sulfide) groups is 1. The van der Waals surface area contributed by atoms with E-state index in [9.17, 15) is 4.79 Å². The minimum absolute atomic E-state index is 0.00375. The number of anilines is 1. The SMILES string of the molecule is Cc1ccccc1N=C1S/C(=C/c2ccc(N3CCCC3)cc2)C(=O)N1C. The van der Waals surface area contributed by atoms with Crippen molar-refractivity contribution in [2.24, 2.45) is 4.99 Å². The van der Waals surface area contributed by atoms with E-state index >= 15 is 0 Å². The third-order valence-electron chi connectivity index (χ3n) is 5.00. The van der Waals surface area contributed by atoms with Crippen LogP contribution in [0.2, 0.25) is 0 Å². The second-order valence-corrected chi connectivity index (χ2v) is 7.95. The van der Waals surface area contributed by atoms with Gasteiger partial charge in [-0.25, -0.2) is 4.99 Å². The molecule has 0 aromatic heterocycles. The Kier molecular flexibility index (Phi) is 5.03. The van der Waals surface area contributed by atoms with Gasteiger partial charge in [0.15, 0.2) is 5.17 Å². The number of benzene rings is 2. The molecule has 27 heavy (non-hydrogen) atoms. The topological polar surface area (TPSA) is 35.9 Å². The molecule has 0 spiro atoms. The number of hydrogen-bond acceptors (Lipinski definition) is 4. The number of aryl methyl sites for hydroxylation is 1. The molecule has 1 amide bonds. The molecule has 0 bridgehead atoms. The quantitative estimate of drug-likeness (QED) is 0.719. The summed E-state index contributed by atoms with van der Waals surface area (Å²) >= 11 is 1.43. The predicted octanol–water partition coefficient (Wildman–Crippen LogP) is 4.83. The highest BCUT2D eigenvalue weighted by molar-refractivity contribution is 8.18. The van der Waals surface area contributed by atoms with Crippen molar-refractivity contribution in [2.75, 3.05) is 25.0 Å². The lowest BCUT2D eigenvalue weighted by Crippen LogP contribution is -2.23. The van der Waals surface area contributed by atoms with Crippen LogP contribution in [0, 0.1) is 6.92 Å². The van der Waals surface area contributed by atoms with Crippen LogP contribution < -0.4 is 4.90 Å². The zero-order valence-corrected chi connectivity index (χ0v) is 16.5. The summed E-state index contributed by atoms with van der Waals surface area (Å²) in [7, 11) is 1.78. The van der Waals surface area contributed by atoms with Crippen LogP contribution in [-0.2, 0) is 4.79 Å². The standard InChI is InChI=1S/C22H23N3OS/c1-16-7-3-4-8-19(16)23-22-24(2)21(26)20(27-22)15-17-9-11-18(12-10-17)25-13-5-6-14-25/h3-4,7-12,15H,5-6,13-14H2,1-2H3/b20-15+,23-22?. The first-order valence-electron chi connectivity index (χ1n) is 9.29. The fraction of sp³-hybridized carbons (Fsp3) is 0.273. The van der Waals surface area contributed by atoms with Crippen molar-refractivity contribution >= 4 is 40.3 Å². The second-order valence-electron chi connectivity index (χ2n) is 6.94. The third kappa shape index (κ3) is 3.78. The summed E-state index contributed by atoms with van der Waals surface area (Å²) in [5.41, 5.74) is 4.30. The molecule has 2 saturated heterocycles. The van der Waals surface area contributed by atoms with E-state index in [1.165, 1.54) is 30.3 Å². The molecule has 2 aliphatic heterocycles. The van der Waals surface area contributed by atoms with Gasteiger partial charge in [-0.2, -0.15) is 0 Å². The van der Waals surface area contributed by atoms with Crippen molar-refractivity contribution in [3.8, 4) is 0 Å². The van der Waals surface area contributed by atoms with Gasteiger partial charge in [0.1, 0.15) is 0 Å². The number of carbonyl (C=O) groups excluding carboxylic acids is 1. The summed E-state index contributed by atoms with van der Waals surface area (Å²) in [6, 6.07) is 16.4. The van der Waals surface area contributed by atoms with Gasteiger partial charge in [0.2, 0.25) is 0 Å². The summed E-state index contributed by atoms with van der Waals surface area (Å²) in [6.45, 7) is 4.30. The molecule has 4 nitrogen and oxygen atoms in total. The number of para-hydroxylation sites is 1. The molecular formula is C22H23N3OS. The Hall–Kier alpha value is -2.53. The van der Waals surface area contributed by atoms with Crippen LogP contribution in [0.25, 0.3) is 6.08 Å². The molecule has 2 heterocycles. The predicted molar refractivity (Wildman–Crippen MR) is 115 cm³/mol. The number of rotatable bonds is 3. The van der Waals surface area contributed by atoms with Crippen LogP contribution >= 0.6 is 11.8 Å². The first-order valence-corrected chi connectivity index (χ1v) is 10.1. The molecule has 0 radical (unpaired) electrons. The van der Waals surface area contributed by atoms with Crippen LogP contribution in [0.15, 0.2) is 58.4 Å². The lowest BCUT2D eigenvalue weighted by Gasteiger charge is -2.17. The molecule has 2 aromatic rings. The molecule has 2 fully saturated rings. The van der Waals surface area contributed by atoms with Crippen LogP contribution in [-0.4, -0.2) is 36.1 Å². The van der Waals surface area contributed by atoms with Gasteiger partial charge in [-0.3, -0.25) is 9.69 Å². The van der Waals surface area contributed by atoms with Crippen molar-refractivity contribution in [3.05, 3.63) is 64.6 Å². The molecule has 0 N–H and O–H groups in total. The highest BCUT2D eigenvalue weighted by Crippen LogP contribution is 2.34. The third-order valence-corrected chi connectivity index (χ3v) is 6.06. The minimum atomic E-state index is -0.00375. The number of amides is 1. The van der Waals surface area contributed by atoms with E-state index in [0.29, 0.717) is 10.1 Å². The molecule has 4 rings (SSSR count). The Morgan fingerprint density at radius 1 is 1.04 bits per heavy atom. The summed E-state index contributed by atoms with van der Waals surface area (Å²) in [6.07, 6.45) is 4.50. The van der Waals surface area contributed by atoms with E-state index in [1.807, 2.05) is 37.3 Å². The number of carbonyl (C=O) groups is 1. The molecule has 0 saturated carbocycles. The largest absolute Gasteiger partial charge is 0.372 e. The second kappa shape index (κ2) is 7.61. The fourth-order valence-corrected chi connectivity index (χ4v) is 4.33. The van der Waals surface area contributed by atoms with E-state index in [0.717, 1.165) is 29.9 Å². The maximum atomic E-state index is 12.6. The van der Waals surface area contributed by atoms with Crippen molar-refractivity contribution in [3.63, 3.8) is 0 Å². The Morgan fingerprint density at radius 3 is 2.44 bits per heavy atom. The minimum Gasteiger partial charge on any atom is -0.372 e. The van der Waals surface area contributed by atoms with E-state index in [2.05, 4.69) is 34.2 Å². The highest BCUT2D eigenvalue weighted by Gasteiger charge is 2.30. The van der Waals surface area contributed by atoms with Crippen molar-refractivity contribution < 1.29 is 4.79 Å². The summed E-state index contributed by atoms with van der Waals surface area (Å²) < 4.78 is 0. The first kappa shape index (κ1) is 17.9. The average Bonchev–Trinajstić information content (AvgIpc) is 3.30. The number of amidine groups is 1. The summed E-state index contributed by atoms with van der Waals surface area (Å²) in [5.74, 6) is -0.00375.